The SMILES string of the molecule is COc1cc(C(C)=O)ccc1OCCCC(=O)NCc1ccc2c(c1)CNC2.Cl. The van der Waals surface area contributed by atoms with Crippen molar-refractivity contribution in [2.75, 3.05) is 13.7 Å². The molecule has 1 aliphatic rings. The van der Waals surface area contributed by atoms with Crippen LogP contribution in [0, 0.1) is 0 Å². The molecule has 0 fully saturated rings. The molecular weight excluding hydrogens is 392 g/mol. The predicted molar refractivity (Wildman–Crippen MR) is 114 cm³/mol. The number of nitrogens with one attached hydrogen (secondary N) is 2. The summed E-state index contributed by atoms with van der Waals surface area (Å²) in [5, 5.41) is 6.27. The van der Waals surface area contributed by atoms with E-state index in [-0.39, 0.29) is 24.1 Å². The van der Waals surface area contributed by atoms with Gasteiger partial charge in [-0.15, -0.1) is 12.4 Å². The van der Waals surface area contributed by atoms with Crippen molar-refractivity contribution in [3.8, 4) is 11.5 Å². The number of hydrogen-bond donors (Lipinski definition) is 2. The first-order valence-electron chi connectivity index (χ1n) is 9.46. The van der Waals surface area contributed by atoms with Gasteiger partial charge in [-0.05, 0) is 48.2 Å². The molecule has 0 bridgehead atoms. The molecular formula is C22H27ClN2O4. The third-order valence-electron chi connectivity index (χ3n) is 4.77. The van der Waals surface area contributed by atoms with Crippen molar-refractivity contribution >= 4 is 24.1 Å². The molecule has 0 unspecified atom stereocenters. The Labute approximate surface area is 177 Å². The number of amides is 1. The van der Waals surface area contributed by atoms with Crippen LogP contribution >= 0.6 is 12.4 Å². The Hall–Kier alpha value is -2.57. The van der Waals surface area contributed by atoms with Crippen LogP contribution in [0.15, 0.2) is 36.4 Å². The summed E-state index contributed by atoms with van der Waals surface area (Å²) in [5.41, 5.74) is 4.33. The second-order valence-electron chi connectivity index (χ2n) is 6.86. The minimum absolute atomic E-state index is 0. The molecule has 1 aliphatic heterocycles. The van der Waals surface area contributed by atoms with E-state index < -0.39 is 0 Å². The van der Waals surface area contributed by atoms with Gasteiger partial charge in [0.25, 0.3) is 0 Å². The molecule has 0 aromatic heterocycles. The van der Waals surface area contributed by atoms with Gasteiger partial charge in [-0.25, -0.2) is 0 Å². The average molecular weight is 419 g/mol. The number of ketones is 1. The van der Waals surface area contributed by atoms with E-state index in [0.29, 0.717) is 43.1 Å². The first-order chi connectivity index (χ1) is 13.6. The standard InChI is InChI=1S/C22H26N2O4.ClH/c1-15(25)17-7-8-20(21(11-17)27-2)28-9-3-4-22(26)24-12-16-5-6-18-13-23-14-19(18)10-16;/h5-8,10-11,23H,3-4,9,12-14H2,1-2H3,(H,24,26);1H. The van der Waals surface area contributed by atoms with E-state index in [1.54, 1.807) is 18.2 Å². The zero-order valence-corrected chi connectivity index (χ0v) is 17.6. The summed E-state index contributed by atoms with van der Waals surface area (Å²) in [6.45, 7) is 4.25. The van der Waals surface area contributed by atoms with Crippen LogP contribution in [0.4, 0.5) is 0 Å². The van der Waals surface area contributed by atoms with Gasteiger partial charge in [0.05, 0.1) is 13.7 Å². The number of benzene rings is 2. The molecule has 2 N–H and O–H groups in total. The van der Waals surface area contributed by atoms with Gasteiger partial charge < -0.3 is 20.1 Å². The number of ether oxygens (including phenoxy) is 2. The summed E-state index contributed by atoms with van der Waals surface area (Å²) in [6, 6.07) is 11.4. The summed E-state index contributed by atoms with van der Waals surface area (Å²) in [6.07, 6.45) is 0.984. The highest BCUT2D eigenvalue weighted by Crippen LogP contribution is 2.28. The molecule has 0 spiro atoms. The van der Waals surface area contributed by atoms with Gasteiger partial charge in [0.1, 0.15) is 0 Å². The molecule has 156 valence electrons. The quantitative estimate of drug-likeness (QED) is 0.482. The lowest BCUT2D eigenvalue weighted by molar-refractivity contribution is -0.121. The average Bonchev–Trinajstić information content (AvgIpc) is 3.17. The Morgan fingerprint density at radius 2 is 1.86 bits per heavy atom. The number of Topliss-reactive ketones (excluding diaryl/α,β-unsaturated/α-hetero) is 1. The maximum atomic E-state index is 12.1. The predicted octanol–water partition coefficient (Wildman–Crippen LogP) is 3.40. The van der Waals surface area contributed by atoms with E-state index in [9.17, 15) is 9.59 Å². The maximum absolute atomic E-state index is 12.1. The first kappa shape index (κ1) is 22.7. The fraction of sp³-hybridized carbons (Fsp3) is 0.364. The van der Waals surface area contributed by atoms with Crippen LogP contribution in [0.2, 0.25) is 0 Å². The van der Waals surface area contributed by atoms with Gasteiger partial charge >= 0.3 is 0 Å². The van der Waals surface area contributed by atoms with Crippen molar-refractivity contribution in [1.82, 2.24) is 10.6 Å². The van der Waals surface area contributed by atoms with Crippen LogP contribution in [0.5, 0.6) is 11.5 Å². The summed E-state index contributed by atoms with van der Waals surface area (Å²) in [4.78, 5) is 23.5. The van der Waals surface area contributed by atoms with Crippen molar-refractivity contribution in [3.05, 3.63) is 58.7 Å². The van der Waals surface area contributed by atoms with Gasteiger partial charge in [-0.1, -0.05) is 18.2 Å². The third kappa shape index (κ3) is 6.21. The maximum Gasteiger partial charge on any atom is 0.220 e. The molecule has 0 saturated carbocycles. The molecule has 1 amide bonds. The monoisotopic (exact) mass is 418 g/mol. The van der Waals surface area contributed by atoms with E-state index in [4.69, 9.17) is 9.47 Å². The van der Waals surface area contributed by atoms with Crippen molar-refractivity contribution < 1.29 is 19.1 Å². The fourth-order valence-corrected chi connectivity index (χ4v) is 3.17. The highest BCUT2D eigenvalue weighted by molar-refractivity contribution is 5.94. The number of fused-ring (bicyclic) bond motifs is 1. The lowest BCUT2D eigenvalue weighted by Crippen LogP contribution is -2.23. The lowest BCUT2D eigenvalue weighted by atomic mass is 10.1. The first-order valence-corrected chi connectivity index (χ1v) is 9.46. The Kier molecular flexibility index (Phi) is 8.49. The second kappa shape index (κ2) is 10.8. The number of rotatable bonds is 9. The molecule has 0 saturated heterocycles. The molecule has 2 aromatic carbocycles. The molecule has 29 heavy (non-hydrogen) atoms. The van der Waals surface area contributed by atoms with Gasteiger partial charge in [-0.3, -0.25) is 9.59 Å². The van der Waals surface area contributed by atoms with Gasteiger partial charge in [0.2, 0.25) is 5.91 Å². The minimum atomic E-state index is -0.0267. The number of methoxy groups -OCH3 is 1. The molecule has 2 aromatic rings. The van der Waals surface area contributed by atoms with Crippen LogP contribution in [0.3, 0.4) is 0 Å². The smallest absolute Gasteiger partial charge is 0.220 e. The Balaban J connectivity index is 0.00000300. The number of carbonyl (C=O) groups is 2. The molecule has 0 radical (unpaired) electrons. The Morgan fingerprint density at radius 3 is 2.62 bits per heavy atom. The van der Waals surface area contributed by atoms with Crippen molar-refractivity contribution in [3.63, 3.8) is 0 Å². The van der Waals surface area contributed by atoms with Crippen LogP contribution in [0.25, 0.3) is 0 Å². The topological polar surface area (TPSA) is 76.7 Å². The fourth-order valence-electron chi connectivity index (χ4n) is 3.17. The molecule has 0 aliphatic carbocycles. The van der Waals surface area contributed by atoms with E-state index in [0.717, 1.165) is 18.7 Å². The normalized spacial score (nSPS) is 11.9. The number of halogens is 1. The van der Waals surface area contributed by atoms with E-state index >= 15 is 0 Å². The van der Waals surface area contributed by atoms with Gasteiger partial charge in [-0.2, -0.15) is 0 Å². The zero-order chi connectivity index (χ0) is 19.9. The summed E-state index contributed by atoms with van der Waals surface area (Å²) >= 11 is 0. The summed E-state index contributed by atoms with van der Waals surface area (Å²) < 4.78 is 11.0. The molecule has 1 heterocycles. The molecule has 6 nitrogen and oxygen atoms in total. The minimum Gasteiger partial charge on any atom is -0.493 e. The third-order valence-corrected chi connectivity index (χ3v) is 4.77. The van der Waals surface area contributed by atoms with E-state index in [1.165, 1.54) is 25.2 Å². The van der Waals surface area contributed by atoms with Crippen molar-refractivity contribution in [1.29, 1.82) is 0 Å². The van der Waals surface area contributed by atoms with Crippen LogP contribution < -0.4 is 20.1 Å². The van der Waals surface area contributed by atoms with Crippen molar-refractivity contribution in [2.45, 2.75) is 39.4 Å². The Bertz CT molecular complexity index is 870. The van der Waals surface area contributed by atoms with Gasteiger partial charge in [0, 0.05) is 31.6 Å². The summed E-state index contributed by atoms with van der Waals surface area (Å²) in [5.74, 6) is 1.06. The lowest BCUT2D eigenvalue weighted by Gasteiger charge is -2.11. The second-order valence-corrected chi connectivity index (χ2v) is 6.86. The Morgan fingerprint density at radius 1 is 1.07 bits per heavy atom. The highest BCUT2D eigenvalue weighted by atomic mass is 35.5. The number of hydrogen-bond acceptors (Lipinski definition) is 5. The van der Waals surface area contributed by atoms with Crippen LogP contribution in [-0.2, 0) is 24.4 Å². The summed E-state index contributed by atoms with van der Waals surface area (Å²) in [7, 11) is 1.54. The van der Waals surface area contributed by atoms with Gasteiger partial charge in [0.15, 0.2) is 17.3 Å². The molecule has 3 rings (SSSR count). The largest absolute Gasteiger partial charge is 0.493 e. The number of carbonyl (C=O) groups excluding carboxylic acids is 2. The van der Waals surface area contributed by atoms with E-state index in [1.807, 2.05) is 0 Å². The zero-order valence-electron chi connectivity index (χ0n) is 16.7. The van der Waals surface area contributed by atoms with E-state index in [2.05, 4.69) is 28.8 Å². The van der Waals surface area contributed by atoms with Crippen LogP contribution in [-0.4, -0.2) is 25.4 Å². The molecule has 0 atom stereocenters. The highest BCUT2D eigenvalue weighted by Gasteiger charge is 2.11. The van der Waals surface area contributed by atoms with Crippen molar-refractivity contribution in [2.24, 2.45) is 0 Å². The molecule has 7 heteroatoms. The van der Waals surface area contributed by atoms with Crippen LogP contribution in [0.1, 0.15) is 46.8 Å².